The first-order chi connectivity index (χ1) is 14.0. The van der Waals surface area contributed by atoms with Crippen LogP contribution >= 0.6 is 11.3 Å². The average Bonchev–Trinajstić information content (AvgIpc) is 3.17. The molecule has 4 rings (SSSR count). The minimum atomic E-state index is -0.523. The van der Waals surface area contributed by atoms with Crippen LogP contribution in [-0.4, -0.2) is 11.8 Å². The van der Waals surface area contributed by atoms with E-state index in [0.717, 1.165) is 26.1 Å². The third kappa shape index (κ3) is 3.91. The van der Waals surface area contributed by atoms with Gasteiger partial charge in [-0.05, 0) is 42.1 Å². The zero-order chi connectivity index (χ0) is 20.4. The second-order valence-electron chi connectivity index (χ2n) is 6.89. The number of anilines is 1. The van der Waals surface area contributed by atoms with E-state index >= 15 is 0 Å². The number of rotatable bonds is 5. The third-order valence-electron chi connectivity index (χ3n) is 4.94. The van der Waals surface area contributed by atoms with Gasteiger partial charge in [-0.2, -0.15) is 0 Å². The fourth-order valence-corrected chi connectivity index (χ4v) is 4.40. The van der Waals surface area contributed by atoms with Crippen LogP contribution < -0.4 is 11.1 Å². The van der Waals surface area contributed by atoms with E-state index in [1.165, 1.54) is 0 Å². The normalized spacial score (nSPS) is 11.9. The summed E-state index contributed by atoms with van der Waals surface area (Å²) in [5, 5.41) is 4.02. The number of hydrogen-bond donors (Lipinski definition) is 2. The van der Waals surface area contributed by atoms with Gasteiger partial charge < -0.3 is 11.1 Å². The molecule has 0 aliphatic rings. The second-order valence-corrected chi connectivity index (χ2v) is 7.98. The van der Waals surface area contributed by atoms with Crippen molar-refractivity contribution in [2.75, 3.05) is 5.32 Å². The topological polar surface area (TPSA) is 72.2 Å². The monoisotopic (exact) mass is 400 g/mol. The number of hydrogen-bond acceptors (Lipinski definition) is 3. The standard InChI is InChI=1S/C24H20N2O2S/c1-15(16-7-3-2-4-8-16)24(28)26-18-11-12-19(20(14-18)23(25)27)22-13-17-9-5-6-10-21(17)29-22/h2-15H,1H3,(H2,25,27)(H,26,28). The van der Waals surface area contributed by atoms with Gasteiger partial charge in [0.05, 0.1) is 5.92 Å². The first kappa shape index (κ1) is 18.9. The van der Waals surface area contributed by atoms with Crippen LogP contribution in [0.4, 0.5) is 5.69 Å². The minimum absolute atomic E-state index is 0.138. The SMILES string of the molecule is CC(C(=O)Nc1ccc(-c2cc3ccccc3s2)c(C(N)=O)c1)c1ccccc1. The summed E-state index contributed by atoms with van der Waals surface area (Å²) in [6, 6.07) is 25.0. The number of benzene rings is 3. The van der Waals surface area contributed by atoms with E-state index in [-0.39, 0.29) is 11.8 Å². The molecule has 0 saturated carbocycles. The molecule has 1 atom stereocenters. The predicted molar refractivity (Wildman–Crippen MR) is 119 cm³/mol. The molecule has 0 spiro atoms. The zero-order valence-corrected chi connectivity index (χ0v) is 16.7. The number of primary amides is 1. The smallest absolute Gasteiger partial charge is 0.249 e. The van der Waals surface area contributed by atoms with Crippen LogP contribution in [0.5, 0.6) is 0 Å². The fraction of sp³-hybridized carbons (Fsp3) is 0.0833. The van der Waals surface area contributed by atoms with E-state index in [1.54, 1.807) is 17.4 Å². The molecule has 0 radical (unpaired) electrons. The van der Waals surface area contributed by atoms with Gasteiger partial charge in [-0.1, -0.05) is 54.6 Å². The van der Waals surface area contributed by atoms with Crippen LogP contribution in [-0.2, 0) is 4.79 Å². The maximum Gasteiger partial charge on any atom is 0.249 e. The first-order valence-electron chi connectivity index (χ1n) is 9.31. The molecule has 0 bridgehead atoms. The maximum atomic E-state index is 12.6. The maximum absolute atomic E-state index is 12.6. The molecule has 5 heteroatoms. The highest BCUT2D eigenvalue weighted by molar-refractivity contribution is 7.22. The summed E-state index contributed by atoms with van der Waals surface area (Å²) in [5.74, 6) is -0.971. The third-order valence-corrected chi connectivity index (χ3v) is 6.09. The Morgan fingerprint density at radius 2 is 1.66 bits per heavy atom. The van der Waals surface area contributed by atoms with Crippen LogP contribution in [0, 0.1) is 0 Å². The second kappa shape index (κ2) is 7.89. The molecule has 2 amide bonds. The van der Waals surface area contributed by atoms with Crippen LogP contribution in [0.25, 0.3) is 20.5 Å². The first-order valence-corrected chi connectivity index (χ1v) is 10.1. The zero-order valence-electron chi connectivity index (χ0n) is 15.9. The summed E-state index contributed by atoms with van der Waals surface area (Å²) in [6.45, 7) is 1.85. The summed E-state index contributed by atoms with van der Waals surface area (Å²) in [7, 11) is 0. The van der Waals surface area contributed by atoms with Crippen LogP contribution in [0.2, 0.25) is 0 Å². The van der Waals surface area contributed by atoms with Gasteiger partial charge >= 0.3 is 0 Å². The Morgan fingerprint density at radius 1 is 0.931 bits per heavy atom. The molecule has 3 N–H and O–H groups in total. The van der Waals surface area contributed by atoms with E-state index in [2.05, 4.69) is 11.4 Å². The van der Waals surface area contributed by atoms with Crippen molar-refractivity contribution in [3.05, 3.63) is 90.0 Å². The molecule has 0 aliphatic heterocycles. The van der Waals surface area contributed by atoms with Crippen LogP contribution in [0.15, 0.2) is 78.9 Å². The number of fused-ring (bicyclic) bond motifs is 1. The van der Waals surface area contributed by atoms with Gasteiger partial charge in [-0.25, -0.2) is 0 Å². The predicted octanol–water partition coefficient (Wildman–Crippen LogP) is 5.41. The number of carbonyl (C=O) groups excluding carboxylic acids is 2. The van der Waals surface area contributed by atoms with Gasteiger partial charge in [-0.15, -0.1) is 11.3 Å². The molecule has 0 fully saturated rings. The molecule has 4 aromatic rings. The summed E-state index contributed by atoms with van der Waals surface area (Å²) >= 11 is 1.61. The van der Waals surface area contributed by atoms with Crippen molar-refractivity contribution >= 4 is 38.9 Å². The van der Waals surface area contributed by atoms with E-state index in [0.29, 0.717) is 11.3 Å². The van der Waals surface area contributed by atoms with Crippen LogP contribution in [0.3, 0.4) is 0 Å². The molecule has 1 heterocycles. The van der Waals surface area contributed by atoms with E-state index in [4.69, 9.17) is 5.73 Å². The Bertz CT molecular complexity index is 1160. The lowest BCUT2D eigenvalue weighted by atomic mass is 10.00. The van der Waals surface area contributed by atoms with Crippen molar-refractivity contribution in [1.82, 2.24) is 0 Å². The quantitative estimate of drug-likeness (QED) is 0.470. The summed E-state index contributed by atoms with van der Waals surface area (Å²) in [6.07, 6.45) is 0. The molecule has 1 unspecified atom stereocenters. The lowest BCUT2D eigenvalue weighted by molar-refractivity contribution is -0.117. The molecule has 1 aromatic heterocycles. The van der Waals surface area contributed by atoms with Crippen LogP contribution in [0.1, 0.15) is 28.8 Å². The Labute approximate surface area is 173 Å². The molecule has 29 heavy (non-hydrogen) atoms. The molecule has 0 saturated heterocycles. The van der Waals surface area contributed by atoms with E-state index in [9.17, 15) is 9.59 Å². The minimum Gasteiger partial charge on any atom is -0.366 e. The number of amides is 2. The molecule has 0 aliphatic carbocycles. The van der Waals surface area contributed by atoms with Gasteiger partial charge in [0.2, 0.25) is 11.8 Å². The Hall–Kier alpha value is -3.44. The molecule has 4 nitrogen and oxygen atoms in total. The highest BCUT2D eigenvalue weighted by atomic mass is 32.1. The van der Waals surface area contributed by atoms with E-state index in [1.807, 2.05) is 73.7 Å². The Kier molecular flexibility index (Phi) is 5.14. The number of thiophene rings is 1. The highest BCUT2D eigenvalue weighted by Crippen LogP contribution is 2.36. The van der Waals surface area contributed by atoms with Crippen molar-refractivity contribution in [2.45, 2.75) is 12.8 Å². The van der Waals surface area contributed by atoms with Crippen molar-refractivity contribution in [1.29, 1.82) is 0 Å². The molecule has 144 valence electrons. The Balaban J connectivity index is 1.64. The van der Waals surface area contributed by atoms with Crippen molar-refractivity contribution in [3.63, 3.8) is 0 Å². The number of nitrogens with one attached hydrogen (secondary N) is 1. The van der Waals surface area contributed by atoms with Gasteiger partial charge in [0.25, 0.3) is 0 Å². The summed E-state index contributed by atoms with van der Waals surface area (Å²) < 4.78 is 1.15. The average molecular weight is 401 g/mol. The Morgan fingerprint density at radius 3 is 2.38 bits per heavy atom. The molecular weight excluding hydrogens is 380 g/mol. The number of carbonyl (C=O) groups is 2. The van der Waals surface area contributed by atoms with Gasteiger partial charge in [0.1, 0.15) is 0 Å². The lowest BCUT2D eigenvalue weighted by Crippen LogP contribution is -2.19. The molecule has 3 aromatic carbocycles. The van der Waals surface area contributed by atoms with Gasteiger partial charge in [0.15, 0.2) is 0 Å². The largest absolute Gasteiger partial charge is 0.366 e. The molecular formula is C24H20N2O2S. The van der Waals surface area contributed by atoms with Crippen molar-refractivity contribution in [2.24, 2.45) is 5.73 Å². The van der Waals surface area contributed by atoms with Gasteiger partial charge in [-0.3, -0.25) is 9.59 Å². The lowest BCUT2D eigenvalue weighted by Gasteiger charge is -2.14. The van der Waals surface area contributed by atoms with Crippen molar-refractivity contribution in [3.8, 4) is 10.4 Å². The number of nitrogens with two attached hydrogens (primary N) is 1. The highest BCUT2D eigenvalue weighted by Gasteiger charge is 2.18. The van der Waals surface area contributed by atoms with Crippen molar-refractivity contribution < 1.29 is 9.59 Å². The summed E-state index contributed by atoms with van der Waals surface area (Å²) in [5.41, 5.74) is 8.30. The summed E-state index contributed by atoms with van der Waals surface area (Å²) in [4.78, 5) is 25.7. The van der Waals surface area contributed by atoms with E-state index < -0.39 is 5.91 Å². The fourth-order valence-electron chi connectivity index (χ4n) is 3.30. The van der Waals surface area contributed by atoms with Gasteiger partial charge in [0, 0.05) is 26.4 Å².